The van der Waals surface area contributed by atoms with Gasteiger partial charge in [0.2, 0.25) is 0 Å². The van der Waals surface area contributed by atoms with Gasteiger partial charge in [-0.1, -0.05) is 48.0 Å². The van der Waals surface area contributed by atoms with Crippen LogP contribution in [-0.2, 0) is 0 Å². The van der Waals surface area contributed by atoms with Crippen molar-refractivity contribution in [3.8, 4) is 11.3 Å². The number of para-hydroxylation sites is 1. The number of piperazine rings is 1. The van der Waals surface area contributed by atoms with Crippen LogP contribution in [0.5, 0.6) is 0 Å². The summed E-state index contributed by atoms with van der Waals surface area (Å²) in [4.78, 5) is 31.0. The Hall–Kier alpha value is -3.80. The van der Waals surface area contributed by atoms with Gasteiger partial charge < -0.3 is 9.80 Å². The van der Waals surface area contributed by atoms with Crippen molar-refractivity contribution in [3.63, 3.8) is 0 Å². The molecular weight excluding hydrogens is 386 g/mol. The Labute approximate surface area is 181 Å². The average Bonchev–Trinajstić information content (AvgIpc) is 2.84. The highest BCUT2D eigenvalue weighted by Crippen LogP contribution is 2.26. The van der Waals surface area contributed by atoms with E-state index in [1.165, 1.54) is 5.56 Å². The smallest absolute Gasteiger partial charge is 0.254 e. The van der Waals surface area contributed by atoms with E-state index in [1.807, 2.05) is 35.2 Å². The van der Waals surface area contributed by atoms with E-state index < -0.39 is 0 Å². The number of aromatic nitrogens is 3. The van der Waals surface area contributed by atoms with E-state index in [1.54, 1.807) is 18.6 Å². The predicted octanol–water partition coefficient (Wildman–Crippen LogP) is 3.96. The molecule has 5 rings (SSSR count). The zero-order valence-corrected chi connectivity index (χ0v) is 17.4. The highest BCUT2D eigenvalue weighted by atomic mass is 16.2. The summed E-state index contributed by atoms with van der Waals surface area (Å²) in [6.07, 6.45) is 5.13. The monoisotopic (exact) mass is 409 g/mol. The van der Waals surface area contributed by atoms with E-state index in [-0.39, 0.29) is 5.91 Å². The molecule has 1 amide bonds. The van der Waals surface area contributed by atoms with Crippen molar-refractivity contribution >= 4 is 22.6 Å². The van der Waals surface area contributed by atoms with Gasteiger partial charge in [0.25, 0.3) is 5.91 Å². The Morgan fingerprint density at radius 2 is 1.71 bits per heavy atom. The molecule has 31 heavy (non-hydrogen) atoms. The molecule has 1 aliphatic heterocycles. The molecule has 1 fully saturated rings. The van der Waals surface area contributed by atoms with Crippen molar-refractivity contribution in [1.29, 1.82) is 0 Å². The van der Waals surface area contributed by atoms with Crippen molar-refractivity contribution in [3.05, 3.63) is 84.3 Å². The summed E-state index contributed by atoms with van der Waals surface area (Å²) in [5.74, 6) is 0.899. The number of hydrogen-bond donors (Lipinski definition) is 0. The lowest BCUT2D eigenvalue weighted by Crippen LogP contribution is -2.49. The molecule has 0 radical (unpaired) electrons. The van der Waals surface area contributed by atoms with E-state index in [2.05, 4.69) is 46.1 Å². The Morgan fingerprint density at radius 1 is 0.935 bits per heavy atom. The average molecular weight is 409 g/mol. The topological polar surface area (TPSA) is 62.2 Å². The fourth-order valence-corrected chi connectivity index (χ4v) is 3.99. The fourth-order valence-electron chi connectivity index (χ4n) is 3.99. The maximum atomic E-state index is 13.5. The quantitative estimate of drug-likeness (QED) is 0.513. The van der Waals surface area contributed by atoms with Crippen LogP contribution in [0.25, 0.3) is 22.2 Å². The standard InChI is InChI=1S/C25H23N5O/c1-18-6-8-19(9-7-18)23-16-21(20-4-2-3-5-22(20)28-23)25(31)30-14-12-29(13-15-30)24-17-26-10-11-27-24/h2-11,16-17H,12-15H2,1H3. The summed E-state index contributed by atoms with van der Waals surface area (Å²) in [6.45, 7) is 4.82. The van der Waals surface area contributed by atoms with Gasteiger partial charge >= 0.3 is 0 Å². The Balaban J connectivity index is 1.45. The molecule has 0 saturated carbocycles. The van der Waals surface area contributed by atoms with E-state index in [4.69, 9.17) is 4.98 Å². The highest BCUT2D eigenvalue weighted by molar-refractivity contribution is 6.07. The first-order valence-corrected chi connectivity index (χ1v) is 10.5. The Morgan fingerprint density at radius 3 is 2.45 bits per heavy atom. The van der Waals surface area contributed by atoms with Crippen molar-refractivity contribution in [2.45, 2.75) is 6.92 Å². The molecule has 2 aromatic heterocycles. The van der Waals surface area contributed by atoms with Crippen LogP contribution in [-0.4, -0.2) is 51.9 Å². The lowest BCUT2D eigenvalue weighted by molar-refractivity contribution is 0.0748. The number of fused-ring (bicyclic) bond motifs is 1. The predicted molar refractivity (Wildman–Crippen MR) is 122 cm³/mol. The van der Waals surface area contributed by atoms with Crippen molar-refractivity contribution in [1.82, 2.24) is 19.9 Å². The zero-order valence-electron chi connectivity index (χ0n) is 17.4. The van der Waals surface area contributed by atoms with E-state index in [0.717, 1.165) is 41.1 Å². The number of carbonyl (C=O) groups excluding carboxylic acids is 1. The zero-order chi connectivity index (χ0) is 21.2. The lowest BCUT2D eigenvalue weighted by atomic mass is 10.0. The number of carbonyl (C=O) groups is 1. The summed E-state index contributed by atoms with van der Waals surface area (Å²) >= 11 is 0. The number of rotatable bonds is 3. The Kier molecular flexibility index (Phi) is 5.04. The first-order valence-electron chi connectivity index (χ1n) is 10.5. The first-order chi connectivity index (χ1) is 15.2. The number of pyridine rings is 1. The van der Waals surface area contributed by atoms with Crippen LogP contribution in [0, 0.1) is 6.92 Å². The number of aryl methyl sites for hydroxylation is 1. The van der Waals surface area contributed by atoms with E-state index >= 15 is 0 Å². The molecule has 2 aromatic carbocycles. The van der Waals surface area contributed by atoms with Crippen LogP contribution in [0.4, 0.5) is 5.82 Å². The third-order valence-electron chi connectivity index (χ3n) is 5.73. The minimum absolute atomic E-state index is 0.0470. The van der Waals surface area contributed by atoms with Crippen LogP contribution < -0.4 is 4.90 Å². The van der Waals surface area contributed by atoms with Crippen LogP contribution in [0.3, 0.4) is 0 Å². The van der Waals surface area contributed by atoms with Crippen LogP contribution in [0.2, 0.25) is 0 Å². The minimum Gasteiger partial charge on any atom is -0.352 e. The van der Waals surface area contributed by atoms with Gasteiger partial charge in [0.05, 0.1) is 23.0 Å². The van der Waals surface area contributed by atoms with Crippen LogP contribution in [0.15, 0.2) is 73.2 Å². The first kappa shape index (κ1) is 19.2. The largest absolute Gasteiger partial charge is 0.352 e. The summed E-state index contributed by atoms with van der Waals surface area (Å²) in [5, 5.41) is 0.889. The van der Waals surface area contributed by atoms with Crippen molar-refractivity contribution in [2.75, 3.05) is 31.1 Å². The molecular formula is C25H23N5O. The minimum atomic E-state index is 0.0470. The summed E-state index contributed by atoms with van der Waals surface area (Å²) in [6, 6.07) is 18.0. The van der Waals surface area contributed by atoms with Gasteiger partial charge in [0.1, 0.15) is 5.82 Å². The summed E-state index contributed by atoms with van der Waals surface area (Å²) in [5.41, 5.74) is 4.57. The van der Waals surface area contributed by atoms with Crippen molar-refractivity contribution in [2.24, 2.45) is 0 Å². The molecule has 6 heteroatoms. The van der Waals surface area contributed by atoms with Gasteiger partial charge in [-0.05, 0) is 19.1 Å². The molecule has 0 atom stereocenters. The van der Waals surface area contributed by atoms with E-state index in [0.29, 0.717) is 18.7 Å². The molecule has 0 bridgehead atoms. The second-order valence-corrected chi connectivity index (χ2v) is 7.78. The molecule has 1 aliphatic rings. The van der Waals surface area contributed by atoms with Gasteiger partial charge in [-0.3, -0.25) is 9.78 Å². The van der Waals surface area contributed by atoms with Gasteiger partial charge in [-0.25, -0.2) is 9.97 Å². The number of anilines is 1. The van der Waals surface area contributed by atoms with Gasteiger partial charge in [-0.2, -0.15) is 0 Å². The summed E-state index contributed by atoms with van der Waals surface area (Å²) < 4.78 is 0. The van der Waals surface area contributed by atoms with Gasteiger partial charge in [0, 0.05) is 49.5 Å². The molecule has 0 spiro atoms. The molecule has 154 valence electrons. The number of nitrogens with zero attached hydrogens (tertiary/aromatic N) is 5. The molecule has 4 aromatic rings. The van der Waals surface area contributed by atoms with Gasteiger partial charge in [-0.15, -0.1) is 0 Å². The molecule has 3 heterocycles. The third-order valence-corrected chi connectivity index (χ3v) is 5.73. The number of hydrogen-bond acceptors (Lipinski definition) is 5. The third kappa shape index (κ3) is 3.84. The highest BCUT2D eigenvalue weighted by Gasteiger charge is 2.25. The molecule has 1 saturated heterocycles. The molecule has 0 aliphatic carbocycles. The molecule has 0 unspecified atom stereocenters. The number of amides is 1. The fraction of sp³-hybridized carbons (Fsp3) is 0.200. The van der Waals surface area contributed by atoms with Crippen molar-refractivity contribution < 1.29 is 4.79 Å². The maximum absolute atomic E-state index is 13.5. The number of benzene rings is 2. The molecule has 6 nitrogen and oxygen atoms in total. The second-order valence-electron chi connectivity index (χ2n) is 7.78. The lowest BCUT2D eigenvalue weighted by Gasteiger charge is -2.35. The molecule has 0 N–H and O–H groups in total. The van der Waals surface area contributed by atoms with Crippen LogP contribution >= 0.6 is 0 Å². The van der Waals surface area contributed by atoms with Gasteiger partial charge in [0.15, 0.2) is 0 Å². The normalized spacial score (nSPS) is 14.1. The van der Waals surface area contributed by atoms with Crippen LogP contribution in [0.1, 0.15) is 15.9 Å². The Bertz CT molecular complexity index is 1220. The summed E-state index contributed by atoms with van der Waals surface area (Å²) in [7, 11) is 0. The SMILES string of the molecule is Cc1ccc(-c2cc(C(=O)N3CCN(c4cnccn4)CC3)c3ccccc3n2)cc1. The van der Waals surface area contributed by atoms with E-state index in [9.17, 15) is 4.79 Å². The maximum Gasteiger partial charge on any atom is 0.254 e. The second kappa shape index (κ2) is 8.14.